The van der Waals surface area contributed by atoms with Crippen LogP contribution in [0.3, 0.4) is 0 Å². The molecule has 0 amide bonds. The zero-order valence-electron chi connectivity index (χ0n) is 11.4. The van der Waals surface area contributed by atoms with Crippen LogP contribution < -0.4 is 9.88 Å². The molecule has 9 heteroatoms. The van der Waals surface area contributed by atoms with E-state index in [1.807, 2.05) is 6.92 Å². The standard InChI is InChI=1S/C12H15FN4O3S/c1-2-5-17-12(15-8-16-17)7-20-10-4-3-9(13)6-11(10)21(14,18)19/h3-4,6,8H,2,5,7H2,1H3,(H2,14,18,19). The Balaban J connectivity index is 2.22. The van der Waals surface area contributed by atoms with Gasteiger partial charge in [0.25, 0.3) is 0 Å². The lowest BCUT2D eigenvalue weighted by Crippen LogP contribution is -2.15. The van der Waals surface area contributed by atoms with Crippen LogP contribution in [0.4, 0.5) is 4.39 Å². The smallest absolute Gasteiger partial charge is 0.241 e. The summed E-state index contributed by atoms with van der Waals surface area (Å²) in [7, 11) is -4.08. The number of benzene rings is 1. The van der Waals surface area contributed by atoms with Gasteiger partial charge in [-0.15, -0.1) is 0 Å². The maximum Gasteiger partial charge on any atom is 0.241 e. The van der Waals surface area contributed by atoms with E-state index in [9.17, 15) is 12.8 Å². The number of hydrogen-bond acceptors (Lipinski definition) is 5. The molecule has 0 saturated carbocycles. The van der Waals surface area contributed by atoms with Gasteiger partial charge in [-0.3, -0.25) is 0 Å². The lowest BCUT2D eigenvalue weighted by Gasteiger charge is -2.10. The highest BCUT2D eigenvalue weighted by molar-refractivity contribution is 7.89. The molecular weight excluding hydrogens is 299 g/mol. The molecule has 114 valence electrons. The minimum Gasteiger partial charge on any atom is -0.484 e. The molecule has 1 heterocycles. The van der Waals surface area contributed by atoms with Crippen LogP contribution in [0.5, 0.6) is 5.75 Å². The Labute approximate surface area is 121 Å². The van der Waals surface area contributed by atoms with Crippen molar-refractivity contribution in [1.29, 1.82) is 0 Å². The molecule has 0 aliphatic rings. The first-order valence-electron chi connectivity index (χ1n) is 6.23. The number of nitrogens with zero attached hydrogens (tertiary/aromatic N) is 3. The fourth-order valence-electron chi connectivity index (χ4n) is 1.76. The summed E-state index contributed by atoms with van der Waals surface area (Å²) in [6.45, 7) is 2.67. The number of aromatic nitrogens is 3. The molecule has 1 aromatic heterocycles. The van der Waals surface area contributed by atoms with Crippen molar-refractivity contribution in [2.24, 2.45) is 5.14 Å². The zero-order valence-corrected chi connectivity index (χ0v) is 12.2. The van der Waals surface area contributed by atoms with Crippen LogP contribution in [0.1, 0.15) is 19.2 Å². The number of rotatable bonds is 6. The van der Waals surface area contributed by atoms with Crippen LogP contribution in [0, 0.1) is 5.82 Å². The number of halogens is 1. The molecule has 0 radical (unpaired) electrons. The van der Waals surface area contributed by atoms with Crippen molar-refractivity contribution in [2.45, 2.75) is 31.4 Å². The normalized spacial score (nSPS) is 11.6. The molecule has 0 aliphatic heterocycles. The molecule has 0 spiro atoms. The predicted octanol–water partition coefficient (Wildman–Crippen LogP) is 1.05. The van der Waals surface area contributed by atoms with Gasteiger partial charge >= 0.3 is 0 Å². The van der Waals surface area contributed by atoms with Crippen LogP contribution in [0.2, 0.25) is 0 Å². The molecular formula is C12H15FN4O3S. The Morgan fingerprint density at radius 2 is 2.19 bits per heavy atom. The van der Waals surface area contributed by atoms with E-state index >= 15 is 0 Å². The van der Waals surface area contributed by atoms with Gasteiger partial charge in [0.1, 0.15) is 29.4 Å². The van der Waals surface area contributed by atoms with E-state index in [0.717, 1.165) is 18.6 Å². The monoisotopic (exact) mass is 314 g/mol. The average molecular weight is 314 g/mol. The van der Waals surface area contributed by atoms with E-state index in [0.29, 0.717) is 12.4 Å². The highest BCUT2D eigenvalue weighted by atomic mass is 32.2. The Kier molecular flexibility index (Phi) is 4.53. The molecule has 0 atom stereocenters. The van der Waals surface area contributed by atoms with Gasteiger partial charge in [-0.2, -0.15) is 5.10 Å². The summed E-state index contributed by atoms with van der Waals surface area (Å²) in [6.07, 6.45) is 2.26. The van der Waals surface area contributed by atoms with Gasteiger partial charge in [0, 0.05) is 6.54 Å². The largest absolute Gasteiger partial charge is 0.484 e. The molecule has 21 heavy (non-hydrogen) atoms. The molecule has 0 fully saturated rings. The maximum atomic E-state index is 13.2. The number of aryl methyl sites for hydroxylation is 1. The van der Waals surface area contributed by atoms with Gasteiger partial charge in [0.15, 0.2) is 5.82 Å². The zero-order chi connectivity index (χ0) is 15.5. The molecule has 0 bridgehead atoms. The fraction of sp³-hybridized carbons (Fsp3) is 0.333. The molecule has 0 unspecified atom stereocenters. The fourth-order valence-corrected chi connectivity index (χ4v) is 2.45. The molecule has 1 aromatic carbocycles. The van der Waals surface area contributed by atoms with Gasteiger partial charge in [-0.05, 0) is 24.6 Å². The van der Waals surface area contributed by atoms with Gasteiger partial charge in [0.05, 0.1) is 0 Å². The second kappa shape index (κ2) is 6.19. The minimum absolute atomic E-state index is 0.00809. The Morgan fingerprint density at radius 1 is 1.43 bits per heavy atom. The van der Waals surface area contributed by atoms with Crippen molar-refractivity contribution in [3.05, 3.63) is 36.2 Å². The highest BCUT2D eigenvalue weighted by Gasteiger charge is 2.17. The Bertz CT molecular complexity index is 730. The number of primary sulfonamides is 1. The van der Waals surface area contributed by atoms with Gasteiger partial charge in [-0.1, -0.05) is 6.92 Å². The van der Waals surface area contributed by atoms with E-state index in [-0.39, 0.29) is 12.4 Å². The first-order chi connectivity index (χ1) is 9.91. The number of hydrogen-bond donors (Lipinski definition) is 1. The van der Waals surface area contributed by atoms with E-state index in [4.69, 9.17) is 9.88 Å². The summed E-state index contributed by atoms with van der Waals surface area (Å²) >= 11 is 0. The lowest BCUT2D eigenvalue weighted by atomic mass is 10.3. The van der Waals surface area contributed by atoms with Crippen LogP contribution in [0.15, 0.2) is 29.4 Å². The molecule has 0 aliphatic carbocycles. The molecule has 0 saturated heterocycles. The maximum absolute atomic E-state index is 13.2. The molecule has 2 aromatic rings. The predicted molar refractivity (Wildman–Crippen MR) is 72.4 cm³/mol. The summed E-state index contributed by atoms with van der Waals surface area (Å²) < 4.78 is 43.1. The quantitative estimate of drug-likeness (QED) is 0.859. The SMILES string of the molecule is CCCn1ncnc1COc1ccc(F)cc1S(N)(=O)=O. The third-order valence-corrected chi connectivity index (χ3v) is 3.63. The number of sulfonamides is 1. The van der Waals surface area contributed by atoms with E-state index in [2.05, 4.69) is 10.1 Å². The topological polar surface area (TPSA) is 100 Å². The first kappa shape index (κ1) is 15.4. The third-order valence-electron chi connectivity index (χ3n) is 2.70. The second-order valence-electron chi connectivity index (χ2n) is 4.32. The summed E-state index contributed by atoms with van der Waals surface area (Å²) in [4.78, 5) is 3.63. The van der Waals surface area contributed by atoms with Gasteiger partial charge in [-0.25, -0.2) is 27.6 Å². The Morgan fingerprint density at radius 3 is 2.86 bits per heavy atom. The minimum atomic E-state index is -4.08. The van der Waals surface area contributed by atoms with Crippen molar-refractivity contribution in [2.75, 3.05) is 0 Å². The van der Waals surface area contributed by atoms with E-state index in [1.165, 1.54) is 12.4 Å². The van der Waals surface area contributed by atoms with Crippen molar-refractivity contribution in [3.63, 3.8) is 0 Å². The van der Waals surface area contributed by atoms with Gasteiger partial charge in [0.2, 0.25) is 10.0 Å². The van der Waals surface area contributed by atoms with Crippen LogP contribution in [-0.4, -0.2) is 23.2 Å². The van der Waals surface area contributed by atoms with Crippen LogP contribution in [0.25, 0.3) is 0 Å². The lowest BCUT2D eigenvalue weighted by molar-refractivity contribution is 0.278. The molecule has 2 N–H and O–H groups in total. The number of ether oxygens (including phenoxy) is 1. The summed E-state index contributed by atoms with van der Waals surface area (Å²) in [6, 6.07) is 3.14. The van der Waals surface area contributed by atoms with Crippen molar-refractivity contribution in [1.82, 2.24) is 14.8 Å². The highest BCUT2D eigenvalue weighted by Crippen LogP contribution is 2.24. The summed E-state index contributed by atoms with van der Waals surface area (Å²) in [5.41, 5.74) is 0. The van der Waals surface area contributed by atoms with Crippen molar-refractivity contribution >= 4 is 10.0 Å². The first-order valence-corrected chi connectivity index (χ1v) is 7.78. The van der Waals surface area contributed by atoms with E-state index < -0.39 is 20.7 Å². The van der Waals surface area contributed by atoms with Crippen LogP contribution >= 0.6 is 0 Å². The summed E-state index contributed by atoms with van der Waals surface area (Å²) in [5, 5.41) is 9.07. The van der Waals surface area contributed by atoms with Crippen LogP contribution in [-0.2, 0) is 23.2 Å². The summed E-state index contributed by atoms with van der Waals surface area (Å²) in [5.74, 6) is -0.188. The second-order valence-corrected chi connectivity index (χ2v) is 5.85. The molecule has 7 nitrogen and oxygen atoms in total. The van der Waals surface area contributed by atoms with Crippen molar-refractivity contribution in [3.8, 4) is 5.75 Å². The van der Waals surface area contributed by atoms with Gasteiger partial charge < -0.3 is 4.74 Å². The van der Waals surface area contributed by atoms with Crippen molar-refractivity contribution < 1.29 is 17.5 Å². The number of nitrogens with two attached hydrogens (primary N) is 1. The third kappa shape index (κ3) is 3.76. The Hall–Kier alpha value is -2.00. The van der Waals surface area contributed by atoms with E-state index in [1.54, 1.807) is 4.68 Å². The molecule has 2 rings (SSSR count). The average Bonchev–Trinajstić information content (AvgIpc) is 2.84.